The summed E-state index contributed by atoms with van der Waals surface area (Å²) < 4.78 is 2.02. The molecule has 0 spiro atoms. The van der Waals surface area contributed by atoms with Crippen LogP contribution in [0.3, 0.4) is 0 Å². The van der Waals surface area contributed by atoms with Gasteiger partial charge in [-0.05, 0) is 55.2 Å². The number of hydrogen-bond donors (Lipinski definition) is 1. The van der Waals surface area contributed by atoms with Crippen molar-refractivity contribution in [3.05, 3.63) is 55.1 Å². The first-order chi connectivity index (χ1) is 12.7. The fourth-order valence-corrected chi connectivity index (χ4v) is 3.71. The minimum Gasteiger partial charge on any atom is -0.347 e. The summed E-state index contributed by atoms with van der Waals surface area (Å²) in [5.41, 5.74) is 3.70. The molecule has 0 atom stereocenters. The van der Waals surface area contributed by atoms with Gasteiger partial charge in [0.15, 0.2) is 0 Å². The van der Waals surface area contributed by atoms with Gasteiger partial charge < -0.3 is 5.32 Å². The van der Waals surface area contributed by atoms with Crippen molar-refractivity contribution < 1.29 is 0 Å². The van der Waals surface area contributed by atoms with Crippen LogP contribution in [0.25, 0.3) is 21.9 Å². The van der Waals surface area contributed by atoms with E-state index in [0.29, 0.717) is 0 Å². The smallest absolute Gasteiger partial charge is 0.130 e. The molecule has 1 aliphatic rings. The normalized spacial score (nSPS) is 15.3. The molecule has 0 saturated carbocycles. The van der Waals surface area contributed by atoms with E-state index in [4.69, 9.17) is 0 Å². The second-order valence-electron chi connectivity index (χ2n) is 6.95. The second kappa shape index (κ2) is 7.30. The molecule has 3 aromatic rings. The van der Waals surface area contributed by atoms with Gasteiger partial charge in [-0.3, -0.25) is 9.58 Å². The molecule has 0 radical (unpaired) electrons. The lowest BCUT2D eigenvalue weighted by molar-refractivity contribution is 0.216. The van der Waals surface area contributed by atoms with Crippen molar-refractivity contribution in [1.82, 2.24) is 19.7 Å². The number of piperidine rings is 1. The third kappa shape index (κ3) is 3.35. The van der Waals surface area contributed by atoms with E-state index < -0.39 is 0 Å². The van der Waals surface area contributed by atoms with Crippen molar-refractivity contribution >= 4 is 16.6 Å². The van der Waals surface area contributed by atoms with E-state index in [1.54, 1.807) is 6.20 Å². The molecule has 1 N–H and O–H groups in total. The van der Waals surface area contributed by atoms with E-state index in [1.165, 1.54) is 49.2 Å². The molecule has 5 heteroatoms. The third-order valence-electron chi connectivity index (χ3n) is 5.17. The molecule has 1 aliphatic heterocycles. The molecule has 26 heavy (non-hydrogen) atoms. The zero-order chi connectivity index (χ0) is 17.9. The van der Waals surface area contributed by atoms with Gasteiger partial charge >= 0.3 is 0 Å². The summed E-state index contributed by atoms with van der Waals surface area (Å²) in [5.74, 6) is 0.810. The average Bonchev–Trinajstić information content (AvgIpc) is 3.03. The zero-order valence-corrected chi connectivity index (χ0v) is 15.3. The predicted molar refractivity (Wildman–Crippen MR) is 107 cm³/mol. The highest BCUT2D eigenvalue weighted by molar-refractivity contribution is 5.88. The van der Waals surface area contributed by atoms with Crippen LogP contribution in [0.5, 0.6) is 0 Å². The van der Waals surface area contributed by atoms with Crippen molar-refractivity contribution in [3.8, 4) is 11.1 Å². The molecule has 134 valence electrons. The van der Waals surface area contributed by atoms with Crippen LogP contribution in [-0.4, -0.2) is 32.8 Å². The Hall–Kier alpha value is -2.66. The molecular formula is C21H25N5. The maximum Gasteiger partial charge on any atom is 0.130 e. The Labute approximate surface area is 154 Å². The number of rotatable bonds is 5. The summed E-state index contributed by atoms with van der Waals surface area (Å²) in [6, 6.07) is 8.58. The van der Waals surface area contributed by atoms with Gasteiger partial charge in [0.25, 0.3) is 0 Å². The number of hydrogen-bond acceptors (Lipinski definition) is 4. The molecule has 0 bridgehead atoms. The molecule has 3 heterocycles. The SMILES string of the molecule is C=CNc1cc2cc(-c3cnn(C)c3CN3CCCCC3)ccc2cn1. The summed E-state index contributed by atoms with van der Waals surface area (Å²) >= 11 is 0. The number of aryl methyl sites for hydroxylation is 1. The highest BCUT2D eigenvalue weighted by Crippen LogP contribution is 2.29. The topological polar surface area (TPSA) is 46.0 Å². The number of benzene rings is 1. The molecule has 2 aromatic heterocycles. The highest BCUT2D eigenvalue weighted by atomic mass is 15.3. The van der Waals surface area contributed by atoms with E-state index in [1.807, 2.05) is 24.1 Å². The molecule has 0 unspecified atom stereocenters. The Bertz CT molecular complexity index is 921. The van der Waals surface area contributed by atoms with Crippen LogP contribution in [0.2, 0.25) is 0 Å². The van der Waals surface area contributed by atoms with Crippen molar-refractivity contribution in [1.29, 1.82) is 0 Å². The quantitative estimate of drug-likeness (QED) is 0.752. The fourth-order valence-electron chi connectivity index (χ4n) is 3.71. The van der Waals surface area contributed by atoms with Crippen LogP contribution >= 0.6 is 0 Å². The van der Waals surface area contributed by atoms with Crippen LogP contribution < -0.4 is 5.32 Å². The van der Waals surface area contributed by atoms with Crippen LogP contribution in [0.4, 0.5) is 5.82 Å². The molecule has 1 fully saturated rings. The second-order valence-corrected chi connectivity index (χ2v) is 6.95. The first kappa shape index (κ1) is 16.8. The van der Waals surface area contributed by atoms with E-state index in [0.717, 1.165) is 23.1 Å². The van der Waals surface area contributed by atoms with Gasteiger partial charge in [-0.1, -0.05) is 25.1 Å². The summed E-state index contributed by atoms with van der Waals surface area (Å²) in [6.45, 7) is 7.04. The van der Waals surface area contributed by atoms with Gasteiger partial charge in [-0.15, -0.1) is 0 Å². The molecular weight excluding hydrogens is 322 g/mol. The minimum atomic E-state index is 0.810. The number of aromatic nitrogens is 3. The number of nitrogens with one attached hydrogen (secondary N) is 1. The van der Waals surface area contributed by atoms with Crippen LogP contribution in [-0.2, 0) is 13.6 Å². The van der Waals surface area contributed by atoms with Crippen LogP contribution in [0.15, 0.2) is 49.4 Å². The van der Waals surface area contributed by atoms with E-state index in [-0.39, 0.29) is 0 Å². The Morgan fingerprint density at radius 2 is 1.96 bits per heavy atom. The monoisotopic (exact) mass is 347 g/mol. The Kier molecular flexibility index (Phi) is 4.71. The summed E-state index contributed by atoms with van der Waals surface area (Å²) in [6.07, 6.45) is 9.49. The number of nitrogens with zero attached hydrogens (tertiary/aromatic N) is 4. The van der Waals surface area contributed by atoms with Gasteiger partial charge in [-0.2, -0.15) is 5.10 Å². The first-order valence-electron chi connectivity index (χ1n) is 9.25. The van der Waals surface area contributed by atoms with Gasteiger partial charge in [0.05, 0.1) is 11.9 Å². The molecule has 0 amide bonds. The number of anilines is 1. The molecule has 4 rings (SSSR count). The van der Waals surface area contributed by atoms with Gasteiger partial charge in [-0.25, -0.2) is 4.98 Å². The Balaban J connectivity index is 1.69. The van der Waals surface area contributed by atoms with Gasteiger partial charge in [0.2, 0.25) is 0 Å². The van der Waals surface area contributed by atoms with Crippen molar-refractivity contribution in [3.63, 3.8) is 0 Å². The van der Waals surface area contributed by atoms with Crippen LogP contribution in [0.1, 0.15) is 25.0 Å². The molecule has 1 aromatic carbocycles. The standard InChI is InChI=1S/C21H25N5/c1-3-22-21-12-18-11-16(7-8-17(18)13-23-21)19-14-24-25(2)20(19)15-26-9-5-4-6-10-26/h3,7-8,11-14H,1,4-6,9-10,15H2,2H3,(H,22,23). The lowest BCUT2D eigenvalue weighted by Crippen LogP contribution is -2.30. The van der Waals surface area contributed by atoms with Crippen molar-refractivity contribution in [2.24, 2.45) is 7.05 Å². The maximum atomic E-state index is 4.54. The Morgan fingerprint density at radius 1 is 1.12 bits per heavy atom. The largest absolute Gasteiger partial charge is 0.347 e. The highest BCUT2D eigenvalue weighted by Gasteiger charge is 2.17. The number of pyridine rings is 1. The van der Waals surface area contributed by atoms with E-state index >= 15 is 0 Å². The third-order valence-corrected chi connectivity index (χ3v) is 5.17. The summed E-state index contributed by atoms with van der Waals surface area (Å²) in [7, 11) is 2.04. The number of likely N-dealkylation sites (tertiary alicyclic amines) is 1. The average molecular weight is 347 g/mol. The Morgan fingerprint density at radius 3 is 2.77 bits per heavy atom. The number of fused-ring (bicyclic) bond motifs is 1. The van der Waals surface area contributed by atoms with Crippen molar-refractivity contribution in [2.45, 2.75) is 25.8 Å². The van der Waals surface area contributed by atoms with Crippen LogP contribution in [0, 0.1) is 0 Å². The van der Waals surface area contributed by atoms with Gasteiger partial charge in [0, 0.05) is 30.7 Å². The summed E-state index contributed by atoms with van der Waals surface area (Å²) in [4.78, 5) is 6.94. The van der Waals surface area contributed by atoms with E-state index in [2.05, 4.69) is 51.1 Å². The fraction of sp³-hybridized carbons (Fsp3) is 0.333. The first-order valence-corrected chi connectivity index (χ1v) is 9.25. The lowest BCUT2D eigenvalue weighted by atomic mass is 10.0. The minimum absolute atomic E-state index is 0.810. The molecule has 5 nitrogen and oxygen atoms in total. The van der Waals surface area contributed by atoms with Crippen molar-refractivity contribution in [2.75, 3.05) is 18.4 Å². The lowest BCUT2D eigenvalue weighted by Gasteiger charge is -2.26. The maximum absolute atomic E-state index is 4.54. The molecule has 0 aliphatic carbocycles. The molecule has 1 saturated heterocycles. The van der Waals surface area contributed by atoms with E-state index in [9.17, 15) is 0 Å². The summed E-state index contributed by atoms with van der Waals surface area (Å²) in [5, 5.41) is 9.89. The predicted octanol–water partition coefficient (Wildman–Crippen LogP) is 4.18. The van der Waals surface area contributed by atoms with Gasteiger partial charge in [0.1, 0.15) is 5.82 Å². The zero-order valence-electron chi connectivity index (χ0n) is 15.3.